The van der Waals surface area contributed by atoms with Crippen LogP contribution in [0.15, 0.2) is 60.9 Å². The molecule has 2 N–H and O–H groups in total. The number of ether oxygens (including phenoxy) is 1. The average Bonchev–Trinajstić information content (AvgIpc) is 2.74. The fourth-order valence-corrected chi connectivity index (χ4v) is 2.84. The maximum atomic E-state index is 12.3. The Labute approximate surface area is 165 Å². The average molecular weight is 376 g/mol. The molecule has 0 radical (unpaired) electrons. The number of amides is 1. The summed E-state index contributed by atoms with van der Waals surface area (Å²) in [4.78, 5) is 20.7. The number of aromatic nitrogens is 2. The molecule has 6 nitrogen and oxygen atoms in total. The Kier molecular flexibility index (Phi) is 6.57. The van der Waals surface area contributed by atoms with Crippen molar-refractivity contribution in [2.75, 3.05) is 19.0 Å². The van der Waals surface area contributed by atoms with Crippen molar-refractivity contribution < 1.29 is 9.53 Å². The monoisotopic (exact) mass is 376 g/mol. The highest BCUT2D eigenvalue weighted by molar-refractivity contribution is 5.93. The molecule has 0 bridgehead atoms. The number of carbonyl (C=O) groups excluding carboxylic acids is 1. The van der Waals surface area contributed by atoms with E-state index in [2.05, 4.69) is 20.6 Å². The van der Waals surface area contributed by atoms with Crippen LogP contribution in [-0.2, 0) is 13.0 Å². The predicted molar refractivity (Wildman–Crippen MR) is 110 cm³/mol. The van der Waals surface area contributed by atoms with Gasteiger partial charge in [-0.15, -0.1) is 0 Å². The molecule has 1 aromatic heterocycles. The molecular weight excluding hydrogens is 352 g/mol. The van der Waals surface area contributed by atoms with Crippen LogP contribution in [0.25, 0.3) is 0 Å². The van der Waals surface area contributed by atoms with Gasteiger partial charge >= 0.3 is 0 Å². The SMILES string of the molecule is COc1ccccc1CCNc1ncc(C(=O)NCc2ccccc2C)cn1. The van der Waals surface area contributed by atoms with Gasteiger partial charge in [0.25, 0.3) is 5.91 Å². The molecule has 0 spiro atoms. The molecular formula is C22H24N4O2. The van der Waals surface area contributed by atoms with E-state index in [0.29, 0.717) is 24.6 Å². The van der Waals surface area contributed by atoms with Crippen LogP contribution in [0.3, 0.4) is 0 Å². The molecule has 6 heteroatoms. The first-order chi connectivity index (χ1) is 13.7. The van der Waals surface area contributed by atoms with Crippen LogP contribution in [0, 0.1) is 6.92 Å². The van der Waals surface area contributed by atoms with Gasteiger partial charge in [0.2, 0.25) is 5.95 Å². The minimum atomic E-state index is -0.191. The van der Waals surface area contributed by atoms with E-state index in [0.717, 1.165) is 28.9 Å². The van der Waals surface area contributed by atoms with Crippen molar-refractivity contribution in [3.63, 3.8) is 0 Å². The second-order valence-electron chi connectivity index (χ2n) is 6.39. The first kappa shape index (κ1) is 19.4. The highest BCUT2D eigenvalue weighted by Crippen LogP contribution is 2.17. The van der Waals surface area contributed by atoms with Gasteiger partial charge in [-0.25, -0.2) is 9.97 Å². The molecule has 1 amide bonds. The Hall–Kier alpha value is -3.41. The Balaban J connectivity index is 1.50. The third-order valence-corrected chi connectivity index (χ3v) is 4.48. The van der Waals surface area contributed by atoms with Crippen LogP contribution in [0.1, 0.15) is 27.0 Å². The lowest BCUT2D eigenvalue weighted by atomic mass is 10.1. The normalized spacial score (nSPS) is 10.4. The summed E-state index contributed by atoms with van der Waals surface area (Å²) in [5, 5.41) is 6.07. The van der Waals surface area contributed by atoms with E-state index in [4.69, 9.17) is 4.74 Å². The van der Waals surface area contributed by atoms with Gasteiger partial charge in [-0.05, 0) is 36.1 Å². The first-order valence-electron chi connectivity index (χ1n) is 9.18. The standard InChI is InChI=1S/C22H24N4O2/c1-16-7-3-4-9-18(16)13-24-21(27)19-14-25-22(26-15-19)23-12-11-17-8-5-6-10-20(17)28-2/h3-10,14-15H,11-13H2,1-2H3,(H,24,27)(H,23,25,26). The zero-order chi connectivity index (χ0) is 19.8. The van der Waals surface area contributed by atoms with Crippen LogP contribution in [0.2, 0.25) is 0 Å². The molecule has 3 rings (SSSR count). The van der Waals surface area contributed by atoms with Gasteiger partial charge < -0.3 is 15.4 Å². The van der Waals surface area contributed by atoms with Crippen LogP contribution in [0.5, 0.6) is 5.75 Å². The minimum absolute atomic E-state index is 0.191. The molecule has 28 heavy (non-hydrogen) atoms. The van der Waals surface area contributed by atoms with Crippen molar-refractivity contribution in [2.45, 2.75) is 19.9 Å². The van der Waals surface area contributed by atoms with E-state index in [1.54, 1.807) is 7.11 Å². The summed E-state index contributed by atoms with van der Waals surface area (Å²) in [6.07, 6.45) is 3.85. The molecule has 144 valence electrons. The van der Waals surface area contributed by atoms with Crippen molar-refractivity contribution in [1.29, 1.82) is 0 Å². The zero-order valence-corrected chi connectivity index (χ0v) is 16.1. The van der Waals surface area contributed by atoms with E-state index in [1.807, 2.05) is 55.5 Å². The Bertz CT molecular complexity index is 926. The van der Waals surface area contributed by atoms with Gasteiger partial charge in [0, 0.05) is 25.5 Å². The molecule has 0 saturated carbocycles. The molecule has 0 unspecified atom stereocenters. The summed E-state index contributed by atoms with van der Waals surface area (Å²) in [6.45, 7) is 3.17. The van der Waals surface area contributed by atoms with Crippen LogP contribution >= 0.6 is 0 Å². The number of hydrogen-bond donors (Lipinski definition) is 2. The number of nitrogens with one attached hydrogen (secondary N) is 2. The Morgan fingerprint density at radius 3 is 2.39 bits per heavy atom. The summed E-state index contributed by atoms with van der Waals surface area (Å²) in [5.41, 5.74) is 3.79. The highest BCUT2D eigenvalue weighted by Gasteiger charge is 2.08. The lowest BCUT2D eigenvalue weighted by molar-refractivity contribution is 0.0950. The Morgan fingerprint density at radius 1 is 1.00 bits per heavy atom. The fraction of sp³-hybridized carbons (Fsp3) is 0.227. The highest BCUT2D eigenvalue weighted by atomic mass is 16.5. The zero-order valence-electron chi connectivity index (χ0n) is 16.1. The maximum absolute atomic E-state index is 12.3. The molecule has 0 fully saturated rings. The number of benzene rings is 2. The molecule has 0 aliphatic rings. The van der Waals surface area contributed by atoms with Gasteiger partial charge in [-0.2, -0.15) is 0 Å². The van der Waals surface area contributed by atoms with Crippen LogP contribution < -0.4 is 15.4 Å². The summed E-state index contributed by atoms with van der Waals surface area (Å²) in [6, 6.07) is 15.9. The summed E-state index contributed by atoms with van der Waals surface area (Å²) in [7, 11) is 1.66. The van der Waals surface area contributed by atoms with E-state index >= 15 is 0 Å². The van der Waals surface area contributed by atoms with E-state index in [9.17, 15) is 4.79 Å². The predicted octanol–water partition coefficient (Wildman–Crippen LogP) is 3.38. The van der Waals surface area contributed by atoms with Crippen LogP contribution in [-0.4, -0.2) is 29.5 Å². The molecule has 0 atom stereocenters. The van der Waals surface area contributed by atoms with Gasteiger partial charge in [0.1, 0.15) is 5.75 Å². The minimum Gasteiger partial charge on any atom is -0.496 e. The third kappa shape index (κ3) is 5.07. The smallest absolute Gasteiger partial charge is 0.254 e. The molecule has 0 saturated heterocycles. The lowest BCUT2D eigenvalue weighted by Gasteiger charge is -2.10. The number of aryl methyl sites for hydroxylation is 1. The van der Waals surface area contributed by atoms with Gasteiger partial charge in [0.15, 0.2) is 0 Å². The largest absolute Gasteiger partial charge is 0.496 e. The molecule has 2 aromatic carbocycles. The number of carbonyl (C=O) groups is 1. The number of methoxy groups -OCH3 is 1. The van der Waals surface area contributed by atoms with Crippen molar-refractivity contribution in [1.82, 2.24) is 15.3 Å². The second kappa shape index (κ2) is 9.50. The van der Waals surface area contributed by atoms with Crippen LogP contribution in [0.4, 0.5) is 5.95 Å². The number of para-hydroxylation sites is 1. The van der Waals surface area contributed by atoms with Crippen molar-refractivity contribution in [3.05, 3.63) is 83.2 Å². The number of rotatable bonds is 8. The maximum Gasteiger partial charge on any atom is 0.254 e. The van der Waals surface area contributed by atoms with E-state index < -0.39 is 0 Å². The topological polar surface area (TPSA) is 76.1 Å². The van der Waals surface area contributed by atoms with Crippen molar-refractivity contribution >= 4 is 11.9 Å². The fourth-order valence-electron chi connectivity index (χ4n) is 2.84. The summed E-state index contributed by atoms with van der Waals surface area (Å²) in [5.74, 6) is 1.17. The first-order valence-corrected chi connectivity index (χ1v) is 9.18. The second-order valence-corrected chi connectivity index (χ2v) is 6.39. The molecule has 0 aliphatic carbocycles. The van der Waals surface area contributed by atoms with Crippen molar-refractivity contribution in [3.8, 4) is 5.75 Å². The van der Waals surface area contributed by atoms with Gasteiger partial charge in [-0.1, -0.05) is 42.5 Å². The lowest BCUT2D eigenvalue weighted by Crippen LogP contribution is -2.23. The summed E-state index contributed by atoms with van der Waals surface area (Å²) < 4.78 is 5.35. The number of anilines is 1. The molecule has 1 heterocycles. The van der Waals surface area contributed by atoms with Crippen molar-refractivity contribution in [2.24, 2.45) is 0 Å². The summed E-state index contributed by atoms with van der Waals surface area (Å²) >= 11 is 0. The number of nitrogens with zero attached hydrogens (tertiary/aromatic N) is 2. The van der Waals surface area contributed by atoms with Gasteiger partial charge in [0.05, 0.1) is 12.7 Å². The Morgan fingerprint density at radius 2 is 1.68 bits per heavy atom. The quantitative estimate of drug-likeness (QED) is 0.630. The van der Waals surface area contributed by atoms with E-state index in [-0.39, 0.29) is 5.91 Å². The van der Waals surface area contributed by atoms with Gasteiger partial charge in [-0.3, -0.25) is 4.79 Å². The molecule has 3 aromatic rings. The van der Waals surface area contributed by atoms with E-state index in [1.165, 1.54) is 12.4 Å². The third-order valence-electron chi connectivity index (χ3n) is 4.48. The molecule has 0 aliphatic heterocycles. The number of hydrogen-bond acceptors (Lipinski definition) is 5.